The molecule has 1 aliphatic heterocycles. The van der Waals surface area contributed by atoms with Crippen LogP contribution in [0.15, 0.2) is 30.3 Å². The molecule has 2 atom stereocenters. The van der Waals surface area contributed by atoms with Crippen LogP contribution < -0.4 is 0 Å². The van der Waals surface area contributed by atoms with Crippen molar-refractivity contribution in [3.8, 4) is 0 Å². The zero-order chi connectivity index (χ0) is 11.5. The molecule has 3 heteroatoms. The van der Waals surface area contributed by atoms with Crippen LogP contribution in [0.5, 0.6) is 0 Å². The van der Waals surface area contributed by atoms with Gasteiger partial charge in [-0.3, -0.25) is 9.69 Å². The van der Waals surface area contributed by atoms with Gasteiger partial charge in [-0.05, 0) is 19.4 Å². The van der Waals surface area contributed by atoms with Crippen molar-refractivity contribution >= 4 is 5.97 Å². The highest BCUT2D eigenvalue weighted by molar-refractivity contribution is 5.72. The van der Waals surface area contributed by atoms with Crippen LogP contribution >= 0.6 is 0 Å². The molecular formula is C13H17NO2. The van der Waals surface area contributed by atoms with E-state index in [-0.39, 0.29) is 18.1 Å². The normalized spacial score (nSPS) is 23.9. The largest absolute Gasteiger partial charge is 0.463 e. The van der Waals surface area contributed by atoms with Crippen molar-refractivity contribution in [3.63, 3.8) is 0 Å². The third-order valence-electron chi connectivity index (χ3n) is 3.14. The van der Waals surface area contributed by atoms with Crippen molar-refractivity contribution in [3.05, 3.63) is 35.9 Å². The number of cyclic esters (lactones) is 1. The number of morpholine rings is 1. The zero-order valence-electron chi connectivity index (χ0n) is 9.72. The summed E-state index contributed by atoms with van der Waals surface area (Å²) in [6.45, 7) is 5.10. The first-order valence-corrected chi connectivity index (χ1v) is 5.65. The van der Waals surface area contributed by atoms with E-state index in [1.165, 1.54) is 5.56 Å². The van der Waals surface area contributed by atoms with Crippen molar-refractivity contribution in [1.82, 2.24) is 4.90 Å². The summed E-state index contributed by atoms with van der Waals surface area (Å²) in [5, 5.41) is 0. The van der Waals surface area contributed by atoms with Gasteiger partial charge in [0.1, 0.15) is 6.61 Å². The molecule has 1 fully saturated rings. The molecule has 0 aliphatic carbocycles. The summed E-state index contributed by atoms with van der Waals surface area (Å²) in [4.78, 5) is 13.5. The van der Waals surface area contributed by atoms with Crippen molar-refractivity contribution in [2.75, 3.05) is 13.2 Å². The fourth-order valence-corrected chi connectivity index (χ4v) is 2.10. The monoisotopic (exact) mass is 219 g/mol. The third-order valence-corrected chi connectivity index (χ3v) is 3.14. The number of hydrogen-bond donors (Lipinski definition) is 0. The molecule has 0 aromatic heterocycles. The van der Waals surface area contributed by atoms with E-state index in [0.29, 0.717) is 13.2 Å². The highest BCUT2D eigenvalue weighted by Gasteiger charge is 2.29. The minimum absolute atomic E-state index is 0.124. The van der Waals surface area contributed by atoms with E-state index < -0.39 is 0 Å². The minimum atomic E-state index is -0.124. The number of carbonyl (C=O) groups is 1. The van der Waals surface area contributed by atoms with Crippen LogP contribution in [-0.4, -0.2) is 30.1 Å². The van der Waals surface area contributed by atoms with Gasteiger partial charge < -0.3 is 4.74 Å². The molecule has 1 aromatic carbocycles. The first-order valence-electron chi connectivity index (χ1n) is 5.65. The van der Waals surface area contributed by atoms with Gasteiger partial charge in [-0.2, -0.15) is 0 Å². The molecule has 0 N–H and O–H groups in total. The molecule has 16 heavy (non-hydrogen) atoms. The molecule has 0 amide bonds. The van der Waals surface area contributed by atoms with E-state index in [9.17, 15) is 4.79 Å². The summed E-state index contributed by atoms with van der Waals surface area (Å²) in [5.74, 6) is -0.124. The lowest BCUT2D eigenvalue weighted by atomic mass is 10.0. The molecular weight excluding hydrogens is 202 g/mol. The Labute approximate surface area is 96.0 Å². The number of hydrogen-bond acceptors (Lipinski definition) is 3. The number of esters is 1. The highest BCUT2D eigenvalue weighted by atomic mass is 16.5. The molecule has 2 rings (SSSR count). The summed E-state index contributed by atoms with van der Waals surface area (Å²) >= 11 is 0. The smallest absolute Gasteiger partial charge is 0.320 e. The van der Waals surface area contributed by atoms with Crippen LogP contribution in [0.25, 0.3) is 0 Å². The molecule has 0 spiro atoms. The first-order chi connectivity index (χ1) is 7.68. The number of carbonyl (C=O) groups excluding carboxylic acids is 1. The molecule has 1 saturated heterocycles. The maximum atomic E-state index is 11.3. The molecule has 0 saturated carbocycles. The molecule has 0 bridgehead atoms. The Balaban J connectivity index is 2.14. The predicted molar refractivity (Wildman–Crippen MR) is 62.0 cm³/mol. The predicted octanol–water partition coefficient (Wildman–Crippen LogP) is 1.99. The van der Waals surface area contributed by atoms with Crippen LogP contribution in [0, 0.1) is 0 Å². The van der Waals surface area contributed by atoms with Gasteiger partial charge >= 0.3 is 5.97 Å². The fourth-order valence-electron chi connectivity index (χ4n) is 2.10. The van der Waals surface area contributed by atoms with Gasteiger partial charge in [0.2, 0.25) is 0 Å². The Hall–Kier alpha value is -1.35. The zero-order valence-corrected chi connectivity index (χ0v) is 9.72. The summed E-state index contributed by atoms with van der Waals surface area (Å²) < 4.78 is 5.03. The number of benzene rings is 1. The van der Waals surface area contributed by atoms with E-state index >= 15 is 0 Å². The van der Waals surface area contributed by atoms with Crippen LogP contribution in [-0.2, 0) is 9.53 Å². The topological polar surface area (TPSA) is 29.5 Å². The molecule has 0 radical (unpaired) electrons. The van der Waals surface area contributed by atoms with E-state index in [0.717, 1.165) is 0 Å². The average molecular weight is 219 g/mol. The summed E-state index contributed by atoms with van der Waals surface area (Å²) in [5.41, 5.74) is 1.24. The van der Waals surface area contributed by atoms with Crippen LogP contribution in [0.3, 0.4) is 0 Å². The molecule has 86 valence electrons. The lowest BCUT2D eigenvalue weighted by Gasteiger charge is -2.37. The van der Waals surface area contributed by atoms with Crippen LogP contribution in [0.4, 0.5) is 0 Å². The lowest BCUT2D eigenvalue weighted by Crippen LogP contribution is -2.47. The van der Waals surface area contributed by atoms with Crippen molar-refractivity contribution in [2.24, 2.45) is 0 Å². The Morgan fingerprint density at radius 1 is 1.38 bits per heavy atom. The third kappa shape index (κ3) is 2.25. The fraction of sp³-hybridized carbons (Fsp3) is 0.462. The second-order valence-corrected chi connectivity index (χ2v) is 4.29. The number of rotatable bonds is 2. The van der Waals surface area contributed by atoms with Gasteiger partial charge in [-0.1, -0.05) is 30.3 Å². The first kappa shape index (κ1) is 11.1. The minimum Gasteiger partial charge on any atom is -0.463 e. The molecule has 1 heterocycles. The highest BCUT2D eigenvalue weighted by Crippen LogP contribution is 2.24. The van der Waals surface area contributed by atoms with Gasteiger partial charge in [0.15, 0.2) is 0 Å². The summed E-state index contributed by atoms with van der Waals surface area (Å²) in [6, 6.07) is 10.8. The van der Waals surface area contributed by atoms with Crippen molar-refractivity contribution in [2.45, 2.75) is 25.9 Å². The molecule has 3 nitrogen and oxygen atoms in total. The summed E-state index contributed by atoms with van der Waals surface area (Å²) in [6.07, 6.45) is 0. The van der Waals surface area contributed by atoms with Gasteiger partial charge in [0, 0.05) is 12.1 Å². The van der Waals surface area contributed by atoms with Crippen LogP contribution in [0.1, 0.15) is 25.5 Å². The Morgan fingerprint density at radius 2 is 2.06 bits per heavy atom. The average Bonchev–Trinajstić information content (AvgIpc) is 2.32. The van der Waals surface area contributed by atoms with E-state index in [1.54, 1.807) is 0 Å². The van der Waals surface area contributed by atoms with Crippen molar-refractivity contribution < 1.29 is 9.53 Å². The van der Waals surface area contributed by atoms with Crippen molar-refractivity contribution in [1.29, 1.82) is 0 Å². The van der Waals surface area contributed by atoms with E-state index in [4.69, 9.17) is 4.74 Å². The second kappa shape index (κ2) is 4.66. The maximum absolute atomic E-state index is 11.3. The Kier molecular flexibility index (Phi) is 3.25. The Morgan fingerprint density at radius 3 is 2.75 bits per heavy atom. The lowest BCUT2D eigenvalue weighted by molar-refractivity contribution is -0.155. The molecule has 1 aromatic rings. The molecule has 0 unspecified atom stereocenters. The van der Waals surface area contributed by atoms with Gasteiger partial charge in [-0.25, -0.2) is 0 Å². The van der Waals surface area contributed by atoms with E-state index in [1.807, 2.05) is 18.2 Å². The van der Waals surface area contributed by atoms with E-state index in [2.05, 4.69) is 30.9 Å². The summed E-state index contributed by atoms with van der Waals surface area (Å²) in [7, 11) is 0. The Bertz CT molecular complexity index is 363. The number of nitrogens with zero attached hydrogens (tertiary/aromatic N) is 1. The maximum Gasteiger partial charge on any atom is 0.320 e. The van der Waals surface area contributed by atoms with Crippen LogP contribution in [0.2, 0.25) is 0 Å². The SMILES string of the molecule is C[C@H](c1ccccc1)N1CC(=O)OC[C@@H]1C. The second-order valence-electron chi connectivity index (χ2n) is 4.29. The van der Waals surface area contributed by atoms with Gasteiger partial charge in [-0.15, -0.1) is 0 Å². The standard InChI is InChI=1S/C13H17NO2/c1-10-9-16-13(15)8-14(10)11(2)12-6-4-3-5-7-12/h3-7,10-11H,8-9H2,1-2H3/t10-,11+/m0/s1. The van der Waals surface area contributed by atoms with Gasteiger partial charge in [0.05, 0.1) is 6.54 Å². The quantitative estimate of drug-likeness (QED) is 0.712. The van der Waals surface area contributed by atoms with Gasteiger partial charge in [0.25, 0.3) is 0 Å². The number of ether oxygens (including phenoxy) is 1. The molecule has 1 aliphatic rings.